The SMILES string of the molecule is Cc1cccc(CCOC(=O)NCCOc2ccccc2)c1. The molecule has 4 nitrogen and oxygen atoms in total. The molecule has 2 aromatic carbocycles. The number of rotatable bonds is 7. The molecule has 0 fully saturated rings. The van der Waals surface area contributed by atoms with E-state index in [0.717, 1.165) is 12.2 Å². The number of nitrogens with one attached hydrogen (secondary N) is 1. The monoisotopic (exact) mass is 299 g/mol. The molecule has 1 N–H and O–H groups in total. The largest absolute Gasteiger partial charge is 0.492 e. The fourth-order valence-corrected chi connectivity index (χ4v) is 2.02. The second-order valence-electron chi connectivity index (χ2n) is 4.96. The molecule has 0 radical (unpaired) electrons. The molecule has 0 atom stereocenters. The lowest BCUT2D eigenvalue weighted by molar-refractivity contribution is 0.145. The van der Waals surface area contributed by atoms with Crippen molar-refractivity contribution in [2.24, 2.45) is 0 Å². The van der Waals surface area contributed by atoms with Crippen LogP contribution in [0.3, 0.4) is 0 Å². The van der Waals surface area contributed by atoms with E-state index in [1.54, 1.807) is 0 Å². The predicted molar refractivity (Wildman–Crippen MR) is 86.2 cm³/mol. The third kappa shape index (κ3) is 5.87. The Hall–Kier alpha value is -2.49. The van der Waals surface area contributed by atoms with E-state index in [9.17, 15) is 4.79 Å². The van der Waals surface area contributed by atoms with Crippen LogP contribution in [-0.4, -0.2) is 25.9 Å². The summed E-state index contributed by atoms with van der Waals surface area (Å²) < 4.78 is 10.6. The maximum Gasteiger partial charge on any atom is 0.407 e. The Labute approximate surface area is 131 Å². The van der Waals surface area contributed by atoms with E-state index in [2.05, 4.69) is 11.4 Å². The van der Waals surface area contributed by atoms with Crippen LogP contribution < -0.4 is 10.1 Å². The van der Waals surface area contributed by atoms with Crippen LogP contribution in [0.5, 0.6) is 5.75 Å². The lowest BCUT2D eigenvalue weighted by atomic mass is 10.1. The van der Waals surface area contributed by atoms with Gasteiger partial charge in [-0.15, -0.1) is 0 Å². The van der Waals surface area contributed by atoms with Crippen molar-refractivity contribution in [3.8, 4) is 5.75 Å². The molecule has 1 amide bonds. The van der Waals surface area contributed by atoms with Crippen LogP contribution in [0.15, 0.2) is 54.6 Å². The zero-order valence-corrected chi connectivity index (χ0v) is 12.7. The zero-order valence-electron chi connectivity index (χ0n) is 12.7. The van der Waals surface area contributed by atoms with Crippen molar-refractivity contribution < 1.29 is 14.3 Å². The van der Waals surface area contributed by atoms with Gasteiger partial charge in [0.05, 0.1) is 13.2 Å². The third-order valence-electron chi connectivity index (χ3n) is 3.09. The minimum absolute atomic E-state index is 0.370. The summed E-state index contributed by atoms with van der Waals surface area (Å²) in [4.78, 5) is 11.5. The standard InChI is InChI=1S/C18H21NO3/c1-15-6-5-7-16(14-15)10-12-22-18(20)19-11-13-21-17-8-3-2-4-9-17/h2-9,14H,10-13H2,1H3,(H,19,20). The summed E-state index contributed by atoms with van der Waals surface area (Å²) in [5, 5.41) is 2.66. The Balaban J connectivity index is 1.56. The molecule has 0 aliphatic rings. The Morgan fingerprint density at radius 1 is 1.05 bits per heavy atom. The molecule has 0 unspecified atom stereocenters. The van der Waals surface area contributed by atoms with Crippen LogP contribution in [0.4, 0.5) is 4.79 Å². The highest BCUT2D eigenvalue weighted by Crippen LogP contribution is 2.07. The van der Waals surface area contributed by atoms with Crippen molar-refractivity contribution in [2.75, 3.05) is 19.8 Å². The molecule has 0 aromatic heterocycles. The van der Waals surface area contributed by atoms with Gasteiger partial charge in [0.15, 0.2) is 0 Å². The minimum atomic E-state index is -0.413. The van der Waals surface area contributed by atoms with Gasteiger partial charge in [0.2, 0.25) is 0 Å². The quantitative estimate of drug-likeness (QED) is 0.798. The van der Waals surface area contributed by atoms with Crippen molar-refractivity contribution in [3.05, 3.63) is 65.7 Å². The average Bonchev–Trinajstić information content (AvgIpc) is 2.53. The van der Waals surface area contributed by atoms with E-state index in [-0.39, 0.29) is 0 Å². The lowest BCUT2D eigenvalue weighted by Gasteiger charge is -2.08. The summed E-state index contributed by atoms with van der Waals surface area (Å²) in [6, 6.07) is 17.7. The van der Waals surface area contributed by atoms with Gasteiger partial charge in [-0.25, -0.2) is 4.79 Å². The van der Waals surface area contributed by atoms with Crippen LogP contribution >= 0.6 is 0 Å². The first-order chi connectivity index (χ1) is 10.7. The number of aryl methyl sites for hydroxylation is 1. The van der Waals surface area contributed by atoms with Crippen molar-refractivity contribution >= 4 is 6.09 Å². The molecule has 0 bridgehead atoms. The minimum Gasteiger partial charge on any atom is -0.492 e. The molecule has 0 saturated carbocycles. The van der Waals surface area contributed by atoms with Crippen LogP contribution in [0.1, 0.15) is 11.1 Å². The predicted octanol–water partition coefficient (Wildman–Crippen LogP) is 3.34. The summed E-state index contributed by atoms with van der Waals surface area (Å²) in [5.41, 5.74) is 2.38. The van der Waals surface area contributed by atoms with Crippen molar-refractivity contribution in [3.63, 3.8) is 0 Å². The molecule has 0 heterocycles. The van der Waals surface area contributed by atoms with Crippen LogP contribution in [0, 0.1) is 6.92 Å². The number of hydrogen-bond acceptors (Lipinski definition) is 3. The molecule has 2 rings (SSSR count). The van der Waals surface area contributed by atoms with Gasteiger partial charge in [-0.05, 0) is 24.6 Å². The van der Waals surface area contributed by atoms with Crippen molar-refractivity contribution in [2.45, 2.75) is 13.3 Å². The van der Waals surface area contributed by atoms with E-state index >= 15 is 0 Å². The Morgan fingerprint density at radius 2 is 1.86 bits per heavy atom. The molecular weight excluding hydrogens is 278 g/mol. The number of ether oxygens (including phenoxy) is 2. The highest BCUT2D eigenvalue weighted by Gasteiger charge is 2.02. The van der Waals surface area contributed by atoms with Crippen LogP contribution in [0.25, 0.3) is 0 Å². The molecule has 4 heteroatoms. The number of alkyl carbamates (subject to hydrolysis) is 1. The topological polar surface area (TPSA) is 47.6 Å². The van der Waals surface area contributed by atoms with Gasteiger partial charge in [0.1, 0.15) is 12.4 Å². The van der Waals surface area contributed by atoms with Crippen molar-refractivity contribution in [1.82, 2.24) is 5.32 Å². The van der Waals surface area contributed by atoms with Gasteiger partial charge in [-0.1, -0.05) is 48.0 Å². The first-order valence-corrected chi connectivity index (χ1v) is 7.38. The van der Waals surface area contributed by atoms with Gasteiger partial charge in [0.25, 0.3) is 0 Å². The summed E-state index contributed by atoms with van der Waals surface area (Å²) in [7, 11) is 0. The maximum atomic E-state index is 11.5. The second kappa shape index (κ2) is 8.72. The number of carbonyl (C=O) groups excluding carboxylic acids is 1. The Bertz CT molecular complexity index is 584. The highest BCUT2D eigenvalue weighted by molar-refractivity contribution is 5.67. The molecule has 0 aliphatic heterocycles. The zero-order chi connectivity index (χ0) is 15.6. The first-order valence-electron chi connectivity index (χ1n) is 7.38. The molecule has 2 aromatic rings. The number of hydrogen-bond donors (Lipinski definition) is 1. The molecule has 0 spiro atoms. The van der Waals surface area contributed by atoms with E-state index in [1.165, 1.54) is 11.1 Å². The normalized spacial score (nSPS) is 10.0. The third-order valence-corrected chi connectivity index (χ3v) is 3.09. The Kier molecular flexibility index (Phi) is 6.30. The van der Waals surface area contributed by atoms with Gasteiger partial charge >= 0.3 is 6.09 Å². The summed E-state index contributed by atoms with van der Waals surface area (Å²) in [5.74, 6) is 0.789. The summed E-state index contributed by atoms with van der Waals surface area (Å²) in [6.07, 6.45) is 0.305. The fourth-order valence-electron chi connectivity index (χ4n) is 2.02. The van der Waals surface area contributed by atoms with E-state index in [1.807, 2.05) is 55.5 Å². The maximum absolute atomic E-state index is 11.5. The molecule has 22 heavy (non-hydrogen) atoms. The van der Waals surface area contributed by atoms with Gasteiger partial charge < -0.3 is 14.8 Å². The lowest BCUT2D eigenvalue weighted by Crippen LogP contribution is -2.29. The summed E-state index contributed by atoms with van der Waals surface area (Å²) in [6.45, 7) is 3.24. The molecular formula is C18H21NO3. The fraction of sp³-hybridized carbons (Fsp3) is 0.278. The first kappa shape index (κ1) is 15.9. The smallest absolute Gasteiger partial charge is 0.407 e. The van der Waals surface area contributed by atoms with Crippen LogP contribution in [-0.2, 0) is 11.2 Å². The summed E-state index contributed by atoms with van der Waals surface area (Å²) >= 11 is 0. The van der Waals surface area contributed by atoms with E-state index < -0.39 is 6.09 Å². The number of amides is 1. The van der Waals surface area contributed by atoms with Crippen molar-refractivity contribution in [1.29, 1.82) is 0 Å². The van der Waals surface area contributed by atoms with Gasteiger partial charge in [-0.2, -0.15) is 0 Å². The average molecular weight is 299 g/mol. The van der Waals surface area contributed by atoms with Gasteiger partial charge in [-0.3, -0.25) is 0 Å². The molecule has 0 saturated heterocycles. The van der Waals surface area contributed by atoms with Crippen LogP contribution in [0.2, 0.25) is 0 Å². The molecule has 0 aliphatic carbocycles. The Morgan fingerprint density at radius 3 is 2.64 bits per heavy atom. The van der Waals surface area contributed by atoms with E-state index in [4.69, 9.17) is 9.47 Å². The van der Waals surface area contributed by atoms with Gasteiger partial charge in [0, 0.05) is 6.42 Å². The highest BCUT2D eigenvalue weighted by atomic mass is 16.5. The number of carbonyl (C=O) groups is 1. The van der Waals surface area contributed by atoms with E-state index in [0.29, 0.717) is 19.8 Å². The molecule has 116 valence electrons. The number of benzene rings is 2. The number of para-hydroxylation sites is 1. The second-order valence-corrected chi connectivity index (χ2v) is 4.96.